The molecule has 4 nitrogen and oxygen atoms in total. The maximum Gasteiger partial charge on any atom is 0.151 e. The van der Waals surface area contributed by atoms with Gasteiger partial charge in [0.05, 0.1) is 5.75 Å². The van der Waals surface area contributed by atoms with Crippen LogP contribution in [0.1, 0.15) is 30.5 Å². The van der Waals surface area contributed by atoms with Crippen molar-refractivity contribution in [2.75, 3.05) is 31.1 Å². The van der Waals surface area contributed by atoms with E-state index in [1.807, 2.05) is 19.1 Å². The second-order valence-electron chi connectivity index (χ2n) is 5.39. The molecule has 1 heterocycles. The van der Waals surface area contributed by atoms with E-state index in [0.717, 1.165) is 13.0 Å². The van der Waals surface area contributed by atoms with Crippen LogP contribution in [-0.4, -0.2) is 44.5 Å². The molecule has 1 aromatic carbocycles. The van der Waals surface area contributed by atoms with E-state index in [1.165, 1.54) is 11.1 Å². The molecule has 0 saturated carbocycles. The normalized spacial score (nSPS) is 19.8. The third-order valence-corrected chi connectivity index (χ3v) is 5.79. The van der Waals surface area contributed by atoms with E-state index >= 15 is 0 Å². The van der Waals surface area contributed by atoms with E-state index in [-0.39, 0.29) is 17.5 Å². The molecule has 1 atom stereocenters. The highest BCUT2D eigenvalue weighted by atomic mass is 32.2. The molecule has 20 heavy (non-hydrogen) atoms. The van der Waals surface area contributed by atoms with Gasteiger partial charge < -0.3 is 5.73 Å². The molecule has 0 aromatic heterocycles. The van der Waals surface area contributed by atoms with Crippen LogP contribution in [0, 0.1) is 0 Å². The summed E-state index contributed by atoms with van der Waals surface area (Å²) in [6.45, 7) is 3.90. The molecule has 2 rings (SSSR count). The Bertz CT molecular complexity index is 543. The van der Waals surface area contributed by atoms with Crippen molar-refractivity contribution >= 4 is 9.84 Å². The highest BCUT2D eigenvalue weighted by Crippen LogP contribution is 2.28. The van der Waals surface area contributed by atoms with Crippen molar-refractivity contribution in [3.63, 3.8) is 0 Å². The van der Waals surface area contributed by atoms with Gasteiger partial charge in [-0.2, -0.15) is 0 Å². The van der Waals surface area contributed by atoms with Crippen LogP contribution in [0.25, 0.3) is 0 Å². The van der Waals surface area contributed by atoms with Gasteiger partial charge in [-0.15, -0.1) is 0 Å². The van der Waals surface area contributed by atoms with Gasteiger partial charge in [0.15, 0.2) is 9.84 Å². The third-order valence-electron chi connectivity index (χ3n) is 3.95. The summed E-state index contributed by atoms with van der Waals surface area (Å²) in [4.78, 5) is 2.22. The molecule has 1 aliphatic rings. The highest BCUT2D eigenvalue weighted by molar-refractivity contribution is 7.91. The van der Waals surface area contributed by atoms with Crippen molar-refractivity contribution in [2.45, 2.75) is 25.8 Å². The zero-order valence-electron chi connectivity index (χ0n) is 12.1. The average Bonchev–Trinajstić information content (AvgIpc) is 2.44. The summed E-state index contributed by atoms with van der Waals surface area (Å²) >= 11 is 0. The zero-order valence-corrected chi connectivity index (χ0v) is 12.9. The van der Waals surface area contributed by atoms with Crippen LogP contribution in [0.4, 0.5) is 0 Å². The molecule has 0 radical (unpaired) electrons. The summed E-state index contributed by atoms with van der Waals surface area (Å²) in [5, 5.41) is 0. The predicted molar refractivity (Wildman–Crippen MR) is 82.5 cm³/mol. The van der Waals surface area contributed by atoms with E-state index < -0.39 is 9.84 Å². The van der Waals surface area contributed by atoms with Crippen LogP contribution < -0.4 is 5.73 Å². The largest absolute Gasteiger partial charge is 0.329 e. The summed E-state index contributed by atoms with van der Waals surface area (Å²) < 4.78 is 23.7. The van der Waals surface area contributed by atoms with Crippen molar-refractivity contribution in [3.05, 3.63) is 35.4 Å². The topological polar surface area (TPSA) is 63.4 Å². The number of hydrogen-bond donors (Lipinski definition) is 1. The third kappa shape index (κ3) is 3.59. The van der Waals surface area contributed by atoms with Crippen LogP contribution in [0.3, 0.4) is 0 Å². The Morgan fingerprint density at radius 2 is 2.05 bits per heavy atom. The first-order valence-electron chi connectivity index (χ1n) is 7.29. The van der Waals surface area contributed by atoms with E-state index in [2.05, 4.69) is 17.0 Å². The van der Waals surface area contributed by atoms with Gasteiger partial charge in [0.1, 0.15) is 0 Å². The fourth-order valence-corrected chi connectivity index (χ4v) is 4.26. The van der Waals surface area contributed by atoms with Crippen LogP contribution >= 0.6 is 0 Å². The second kappa shape index (κ2) is 6.70. The van der Waals surface area contributed by atoms with E-state index in [1.54, 1.807) is 0 Å². The van der Waals surface area contributed by atoms with Gasteiger partial charge in [0.25, 0.3) is 0 Å². The van der Waals surface area contributed by atoms with E-state index in [0.29, 0.717) is 19.5 Å². The maximum absolute atomic E-state index is 11.9. The summed E-state index contributed by atoms with van der Waals surface area (Å²) in [7, 11) is -2.92. The molecule has 0 bridgehead atoms. The Morgan fingerprint density at radius 1 is 1.30 bits per heavy atom. The van der Waals surface area contributed by atoms with Gasteiger partial charge in [-0.3, -0.25) is 4.90 Å². The highest BCUT2D eigenvalue weighted by Gasteiger charge is 2.26. The molecule has 0 amide bonds. The summed E-state index contributed by atoms with van der Waals surface area (Å²) in [5.74, 6) is 0.518. The summed E-state index contributed by atoms with van der Waals surface area (Å²) in [6, 6.07) is 8.48. The Balaban J connectivity index is 2.07. The lowest BCUT2D eigenvalue weighted by molar-refractivity contribution is 0.201. The van der Waals surface area contributed by atoms with Crippen molar-refractivity contribution in [1.82, 2.24) is 4.90 Å². The van der Waals surface area contributed by atoms with Gasteiger partial charge in [0.2, 0.25) is 0 Å². The number of sulfone groups is 1. The molecule has 0 spiro atoms. The lowest BCUT2D eigenvalue weighted by Crippen LogP contribution is -2.41. The molecule has 1 aromatic rings. The SMILES string of the molecule is CCCS(=O)(=O)CCN1CCc2ccccc2C1CN. The Hall–Kier alpha value is -0.910. The molecule has 112 valence electrons. The number of hydrogen-bond acceptors (Lipinski definition) is 4. The molecule has 2 N–H and O–H groups in total. The molecule has 0 fully saturated rings. The van der Waals surface area contributed by atoms with Gasteiger partial charge in [-0.05, 0) is 24.0 Å². The maximum atomic E-state index is 11.9. The first kappa shape index (κ1) is 15.5. The number of benzene rings is 1. The van der Waals surface area contributed by atoms with Crippen molar-refractivity contribution in [2.24, 2.45) is 5.73 Å². The van der Waals surface area contributed by atoms with Gasteiger partial charge in [-0.25, -0.2) is 8.42 Å². The lowest BCUT2D eigenvalue weighted by atomic mass is 9.93. The molecule has 0 saturated heterocycles. The average molecular weight is 296 g/mol. The summed E-state index contributed by atoms with van der Waals surface area (Å²) in [5.41, 5.74) is 8.52. The van der Waals surface area contributed by atoms with Crippen molar-refractivity contribution in [3.8, 4) is 0 Å². The first-order chi connectivity index (χ1) is 9.57. The standard InChI is InChI=1S/C15H24N2O2S/c1-2-10-20(18,19)11-9-17-8-7-13-5-3-4-6-14(13)15(17)12-16/h3-6,15H,2,7-12,16H2,1H3. The quantitative estimate of drug-likeness (QED) is 0.861. The molecule has 1 aliphatic heterocycles. The number of fused-ring (bicyclic) bond motifs is 1. The lowest BCUT2D eigenvalue weighted by Gasteiger charge is -2.36. The minimum atomic E-state index is -2.92. The fourth-order valence-electron chi connectivity index (χ4n) is 2.92. The Morgan fingerprint density at radius 3 is 2.75 bits per heavy atom. The zero-order chi connectivity index (χ0) is 14.6. The van der Waals surface area contributed by atoms with Crippen LogP contribution in [0.5, 0.6) is 0 Å². The first-order valence-corrected chi connectivity index (χ1v) is 9.12. The minimum absolute atomic E-state index is 0.150. The van der Waals surface area contributed by atoms with Crippen LogP contribution in [0.2, 0.25) is 0 Å². The van der Waals surface area contributed by atoms with Gasteiger partial charge >= 0.3 is 0 Å². The molecule has 5 heteroatoms. The molecular weight excluding hydrogens is 272 g/mol. The van der Waals surface area contributed by atoms with Crippen LogP contribution in [-0.2, 0) is 16.3 Å². The molecule has 0 aliphatic carbocycles. The minimum Gasteiger partial charge on any atom is -0.329 e. The van der Waals surface area contributed by atoms with Crippen molar-refractivity contribution < 1.29 is 8.42 Å². The molecular formula is C15H24N2O2S. The number of nitrogens with zero attached hydrogens (tertiary/aromatic N) is 1. The monoisotopic (exact) mass is 296 g/mol. The van der Waals surface area contributed by atoms with Gasteiger partial charge in [-0.1, -0.05) is 31.2 Å². The van der Waals surface area contributed by atoms with Crippen molar-refractivity contribution in [1.29, 1.82) is 0 Å². The Kier molecular flexibility index (Phi) is 5.18. The smallest absolute Gasteiger partial charge is 0.151 e. The predicted octanol–water partition coefficient (Wildman–Crippen LogP) is 1.37. The number of nitrogens with two attached hydrogens (primary N) is 1. The van der Waals surface area contributed by atoms with E-state index in [4.69, 9.17) is 5.73 Å². The Labute approximate surface area is 121 Å². The van der Waals surface area contributed by atoms with E-state index in [9.17, 15) is 8.42 Å². The molecule has 1 unspecified atom stereocenters. The second-order valence-corrected chi connectivity index (χ2v) is 7.69. The number of rotatable bonds is 6. The summed E-state index contributed by atoms with van der Waals surface area (Å²) in [6.07, 6.45) is 1.66. The van der Waals surface area contributed by atoms with Crippen LogP contribution in [0.15, 0.2) is 24.3 Å². The fraction of sp³-hybridized carbons (Fsp3) is 0.600. The van der Waals surface area contributed by atoms with Gasteiger partial charge in [0, 0.05) is 31.4 Å².